The molecular formula is C10H14BrO3P. The van der Waals surface area contributed by atoms with Crippen LogP contribution in [-0.4, -0.2) is 15.4 Å². The normalized spacial score (nSPS) is 13.9. The smallest absolute Gasteiger partial charge is 0.324 e. The van der Waals surface area contributed by atoms with Crippen molar-refractivity contribution in [1.29, 1.82) is 0 Å². The Morgan fingerprint density at radius 3 is 2.13 bits per heavy atom. The van der Waals surface area contributed by atoms with E-state index >= 15 is 0 Å². The van der Waals surface area contributed by atoms with E-state index in [1.807, 2.05) is 24.3 Å². The van der Waals surface area contributed by atoms with Gasteiger partial charge in [-0.15, -0.1) is 0 Å². The average Bonchev–Trinajstić information content (AvgIpc) is 2.17. The Balaban J connectivity index is 2.69. The maximum atomic E-state index is 10.9. The molecule has 0 saturated heterocycles. The molecule has 15 heavy (non-hydrogen) atoms. The molecule has 0 aliphatic rings. The Morgan fingerprint density at radius 1 is 1.27 bits per heavy atom. The molecule has 1 aromatic carbocycles. The van der Waals surface area contributed by atoms with E-state index in [0.29, 0.717) is 6.42 Å². The lowest BCUT2D eigenvalue weighted by atomic mass is 10.1. The zero-order valence-electron chi connectivity index (χ0n) is 8.43. The highest BCUT2D eigenvalue weighted by atomic mass is 79.9. The van der Waals surface area contributed by atoms with Gasteiger partial charge in [-0.05, 0) is 17.5 Å². The Kier molecular flexibility index (Phi) is 4.53. The fourth-order valence-corrected chi connectivity index (χ4v) is 2.05. The van der Waals surface area contributed by atoms with Crippen LogP contribution in [0.15, 0.2) is 24.3 Å². The van der Waals surface area contributed by atoms with Crippen LogP contribution in [0.5, 0.6) is 0 Å². The number of hydrogen-bond acceptors (Lipinski definition) is 1. The Bertz CT molecular complexity index is 357. The van der Waals surface area contributed by atoms with Gasteiger partial charge in [0.15, 0.2) is 0 Å². The van der Waals surface area contributed by atoms with Crippen LogP contribution in [0.2, 0.25) is 0 Å². The molecule has 1 atom stereocenters. The lowest BCUT2D eigenvalue weighted by molar-refractivity contribution is 0.360. The molecule has 0 heterocycles. The van der Waals surface area contributed by atoms with Crippen molar-refractivity contribution in [3.8, 4) is 0 Å². The van der Waals surface area contributed by atoms with Crippen LogP contribution >= 0.6 is 23.5 Å². The number of benzene rings is 1. The van der Waals surface area contributed by atoms with E-state index in [4.69, 9.17) is 9.79 Å². The van der Waals surface area contributed by atoms with Gasteiger partial charge in [-0.2, -0.15) is 0 Å². The van der Waals surface area contributed by atoms with Crippen LogP contribution in [0.4, 0.5) is 0 Å². The average molecular weight is 293 g/mol. The van der Waals surface area contributed by atoms with Crippen LogP contribution in [0, 0.1) is 0 Å². The van der Waals surface area contributed by atoms with Crippen molar-refractivity contribution >= 4 is 23.5 Å². The van der Waals surface area contributed by atoms with Gasteiger partial charge in [-0.3, -0.25) is 4.57 Å². The third kappa shape index (κ3) is 4.07. The molecule has 84 valence electrons. The maximum absolute atomic E-state index is 10.9. The molecule has 0 aliphatic heterocycles. The summed E-state index contributed by atoms with van der Waals surface area (Å²) in [5.74, 6) is 0. The highest BCUT2D eigenvalue weighted by Crippen LogP contribution is 2.42. The van der Waals surface area contributed by atoms with Crippen molar-refractivity contribution in [3.63, 3.8) is 0 Å². The minimum Gasteiger partial charge on any atom is -0.324 e. The monoisotopic (exact) mass is 292 g/mol. The first-order valence-corrected chi connectivity index (χ1v) is 7.43. The molecule has 0 aromatic heterocycles. The van der Waals surface area contributed by atoms with Crippen LogP contribution < -0.4 is 0 Å². The minimum atomic E-state index is -3.95. The van der Waals surface area contributed by atoms with Gasteiger partial charge in [-0.25, -0.2) is 0 Å². The van der Waals surface area contributed by atoms with Gasteiger partial charge in [0.2, 0.25) is 0 Å². The summed E-state index contributed by atoms with van der Waals surface area (Å²) >= 11 is 3.34. The maximum Gasteiger partial charge on any atom is 0.328 e. The minimum absolute atomic E-state index is 0.410. The summed E-state index contributed by atoms with van der Waals surface area (Å²) in [6.45, 7) is 1.57. The largest absolute Gasteiger partial charge is 0.328 e. The summed E-state index contributed by atoms with van der Waals surface area (Å²) < 4.78 is 10.9. The van der Waals surface area contributed by atoms with E-state index in [9.17, 15) is 4.57 Å². The van der Waals surface area contributed by atoms with Gasteiger partial charge in [0, 0.05) is 5.33 Å². The Morgan fingerprint density at radius 2 is 1.73 bits per heavy atom. The summed E-state index contributed by atoms with van der Waals surface area (Å²) in [6, 6.07) is 7.72. The predicted octanol–water partition coefficient (Wildman–Crippen LogP) is 2.69. The molecule has 1 unspecified atom stereocenters. The van der Waals surface area contributed by atoms with Crippen LogP contribution in [-0.2, 0) is 16.3 Å². The second-order valence-electron chi connectivity index (χ2n) is 3.59. The SMILES string of the molecule is CC(Cc1ccc(CBr)cc1)P(=O)(O)O. The van der Waals surface area contributed by atoms with Gasteiger partial charge < -0.3 is 9.79 Å². The summed E-state index contributed by atoms with van der Waals surface area (Å²) in [6.07, 6.45) is 0.410. The van der Waals surface area contributed by atoms with Crippen LogP contribution in [0.25, 0.3) is 0 Å². The number of rotatable bonds is 4. The van der Waals surface area contributed by atoms with Gasteiger partial charge in [0.05, 0.1) is 5.66 Å². The van der Waals surface area contributed by atoms with Gasteiger partial charge >= 0.3 is 7.60 Å². The fraction of sp³-hybridized carbons (Fsp3) is 0.400. The number of alkyl halides is 1. The molecule has 1 aromatic rings. The molecule has 0 amide bonds. The Hall–Kier alpha value is -0.150. The van der Waals surface area contributed by atoms with E-state index in [2.05, 4.69) is 15.9 Å². The molecule has 2 N–H and O–H groups in total. The molecular weight excluding hydrogens is 279 g/mol. The topological polar surface area (TPSA) is 57.5 Å². The predicted molar refractivity (Wildman–Crippen MR) is 64.3 cm³/mol. The van der Waals surface area contributed by atoms with Gasteiger partial charge in [0.1, 0.15) is 0 Å². The van der Waals surface area contributed by atoms with E-state index in [1.54, 1.807) is 6.92 Å². The van der Waals surface area contributed by atoms with Crippen molar-refractivity contribution in [2.45, 2.75) is 24.3 Å². The van der Waals surface area contributed by atoms with E-state index < -0.39 is 13.3 Å². The molecule has 0 spiro atoms. The summed E-state index contributed by atoms with van der Waals surface area (Å²) in [7, 11) is -3.95. The lowest BCUT2D eigenvalue weighted by Gasteiger charge is -2.13. The molecule has 0 fully saturated rings. The second kappa shape index (κ2) is 5.26. The van der Waals surface area contributed by atoms with Crippen LogP contribution in [0.3, 0.4) is 0 Å². The standard InChI is InChI=1S/C10H14BrO3P/c1-8(15(12,13)14)6-9-2-4-10(7-11)5-3-9/h2-5,8H,6-7H2,1H3,(H2,12,13,14). The molecule has 0 bridgehead atoms. The molecule has 3 nitrogen and oxygen atoms in total. The van der Waals surface area contributed by atoms with Crippen molar-refractivity contribution in [3.05, 3.63) is 35.4 Å². The zero-order valence-corrected chi connectivity index (χ0v) is 10.9. The van der Waals surface area contributed by atoms with E-state index in [-0.39, 0.29) is 0 Å². The first kappa shape index (κ1) is 12.9. The third-order valence-electron chi connectivity index (χ3n) is 2.28. The van der Waals surface area contributed by atoms with Crippen molar-refractivity contribution < 1.29 is 14.4 Å². The zero-order chi connectivity index (χ0) is 11.5. The first-order chi connectivity index (χ1) is 6.93. The summed E-state index contributed by atoms with van der Waals surface area (Å²) in [5.41, 5.74) is 1.49. The second-order valence-corrected chi connectivity index (χ2v) is 6.21. The fourth-order valence-electron chi connectivity index (χ4n) is 1.22. The first-order valence-electron chi connectivity index (χ1n) is 4.62. The van der Waals surface area contributed by atoms with Gasteiger partial charge in [-0.1, -0.05) is 47.1 Å². The molecule has 1 rings (SSSR count). The molecule has 0 radical (unpaired) electrons. The highest BCUT2D eigenvalue weighted by molar-refractivity contribution is 9.08. The van der Waals surface area contributed by atoms with Gasteiger partial charge in [0.25, 0.3) is 0 Å². The van der Waals surface area contributed by atoms with Crippen LogP contribution in [0.1, 0.15) is 18.1 Å². The summed E-state index contributed by atoms with van der Waals surface area (Å²) in [4.78, 5) is 17.9. The lowest BCUT2D eigenvalue weighted by Crippen LogP contribution is -2.06. The molecule has 5 heteroatoms. The van der Waals surface area contributed by atoms with Crippen molar-refractivity contribution in [1.82, 2.24) is 0 Å². The Labute approximate surface area is 97.8 Å². The quantitative estimate of drug-likeness (QED) is 0.663. The van der Waals surface area contributed by atoms with E-state index in [1.165, 1.54) is 0 Å². The molecule has 0 saturated carbocycles. The van der Waals surface area contributed by atoms with Crippen molar-refractivity contribution in [2.75, 3.05) is 0 Å². The summed E-state index contributed by atoms with van der Waals surface area (Å²) in [5, 5.41) is 0.793. The number of halogens is 1. The highest BCUT2D eigenvalue weighted by Gasteiger charge is 2.23. The van der Waals surface area contributed by atoms with Crippen molar-refractivity contribution in [2.24, 2.45) is 0 Å². The molecule has 0 aliphatic carbocycles. The number of hydrogen-bond donors (Lipinski definition) is 2. The van der Waals surface area contributed by atoms with E-state index in [0.717, 1.165) is 16.5 Å². The third-order valence-corrected chi connectivity index (χ3v) is 4.26.